The van der Waals surface area contributed by atoms with Gasteiger partial charge in [-0.25, -0.2) is 0 Å². The molecule has 3 aromatic carbocycles. The second-order valence-electron chi connectivity index (χ2n) is 7.99. The van der Waals surface area contributed by atoms with Gasteiger partial charge in [0.15, 0.2) is 0 Å². The number of hydrogen-bond donors (Lipinski definition) is 1. The maximum absolute atomic E-state index is 12.1. The van der Waals surface area contributed by atoms with Crippen LogP contribution < -0.4 is 21.2 Å². The van der Waals surface area contributed by atoms with Crippen LogP contribution in [-0.4, -0.2) is 49.0 Å². The van der Waals surface area contributed by atoms with E-state index in [-0.39, 0.29) is 18.5 Å². The molecule has 4 rings (SSSR count). The van der Waals surface area contributed by atoms with Crippen molar-refractivity contribution in [3.63, 3.8) is 0 Å². The Balaban J connectivity index is 1.52. The number of benzene rings is 3. The zero-order valence-electron chi connectivity index (χ0n) is 18.6. The number of nitrogens with one attached hydrogen (secondary N) is 1. The molecule has 178 valence electrons. The molecule has 1 aliphatic heterocycles. The molecule has 1 N–H and O–H groups in total. The van der Waals surface area contributed by atoms with E-state index < -0.39 is 17.3 Å². The van der Waals surface area contributed by atoms with E-state index in [0.29, 0.717) is 12.4 Å². The summed E-state index contributed by atoms with van der Waals surface area (Å²) in [5, 5.41) is 3.08. The Hall–Kier alpha value is -2.18. The fraction of sp³-hybridized carbons (Fsp3) is 0.231. The number of rotatable bonds is 10. The summed E-state index contributed by atoms with van der Waals surface area (Å²) in [6, 6.07) is 31.1. The number of hydrogen-bond acceptors (Lipinski definition) is 5. The SMILES string of the molecule is O=C1N[C@H](C(=O)OCCOCCP(Br)(c2ccccc2)(c2ccccc2)c2ccccc2)CS1. The molecular weight excluding hydrogens is 533 g/mol. The summed E-state index contributed by atoms with van der Waals surface area (Å²) < 4.78 is 11.3. The molecule has 3 aromatic rings. The van der Waals surface area contributed by atoms with Gasteiger partial charge in [0.2, 0.25) is 0 Å². The molecule has 0 aliphatic carbocycles. The van der Waals surface area contributed by atoms with Crippen LogP contribution >= 0.6 is 32.6 Å². The van der Waals surface area contributed by atoms with Gasteiger partial charge in [-0.2, -0.15) is 0 Å². The number of thioether (sulfide) groups is 1. The van der Waals surface area contributed by atoms with Crippen LogP contribution in [0.2, 0.25) is 0 Å². The van der Waals surface area contributed by atoms with Crippen molar-refractivity contribution in [2.75, 3.05) is 31.7 Å². The second kappa shape index (κ2) is 11.0. The molecular formula is C26H27BrNO4PS. The van der Waals surface area contributed by atoms with Gasteiger partial charge in [0.1, 0.15) is 0 Å². The second-order valence-corrected chi connectivity index (χ2v) is 18.0. The molecule has 1 saturated heterocycles. The molecule has 5 nitrogen and oxygen atoms in total. The summed E-state index contributed by atoms with van der Waals surface area (Å²) in [6.45, 7) is 0.920. The molecule has 1 aliphatic rings. The van der Waals surface area contributed by atoms with Crippen molar-refractivity contribution in [1.29, 1.82) is 0 Å². The molecule has 1 fully saturated rings. The minimum absolute atomic E-state index is 0.149. The van der Waals surface area contributed by atoms with Crippen molar-refractivity contribution < 1.29 is 19.1 Å². The van der Waals surface area contributed by atoms with Crippen LogP contribution in [0.5, 0.6) is 0 Å². The number of carbonyl (C=O) groups excluding carboxylic acids is 2. The fourth-order valence-corrected chi connectivity index (χ4v) is 12.0. The molecule has 0 spiro atoms. The van der Waals surface area contributed by atoms with Crippen LogP contribution in [0.25, 0.3) is 0 Å². The topological polar surface area (TPSA) is 64.6 Å². The quantitative estimate of drug-likeness (QED) is 0.229. The van der Waals surface area contributed by atoms with Crippen LogP contribution in [0.1, 0.15) is 0 Å². The van der Waals surface area contributed by atoms with Crippen molar-refractivity contribution in [2.24, 2.45) is 0 Å². The zero-order chi connectivity index (χ0) is 23.9. The van der Waals surface area contributed by atoms with E-state index in [0.717, 1.165) is 17.9 Å². The first-order valence-electron chi connectivity index (χ1n) is 11.1. The Bertz CT molecular complexity index is 1020. The van der Waals surface area contributed by atoms with Crippen LogP contribution in [0.15, 0.2) is 91.0 Å². The predicted octanol–water partition coefficient (Wildman–Crippen LogP) is 4.21. The zero-order valence-corrected chi connectivity index (χ0v) is 21.9. The third kappa shape index (κ3) is 5.08. The van der Waals surface area contributed by atoms with E-state index in [1.807, 2.05) is 18.2 Å². The van der Waals surface area contributed by atoms with Gasteiger partial charge in [-0.3, -0.25) is 0 Å². The van der Waals surface area contributed by atoms with E-state index in [1.54, 1.807) is 0 Å². The Morgan fingerprint density at radius 1 is 0.853 bits per heavy atom. The van der Waals surface area contributed by atoms with Crippen LogP contribution in [0.3, 0.4) is 0 Å². The van der Waals surface area contributed by atoms with Gasteiger partial charge in [0.05, 0.1) is 0 Å². The molecule has 0 aromatic heterocycles. The first-order chi connectivity index (χ1) is 16.5. The van der Waals surface area contributed by atoms with Gasteiger partial charge in [0, 0.05) is 0 Å². The van der Waals surface area contributed by atoms with E-state index in [9.17, 15) is 9.59 Å². The third-order valence-electron chi connectivity index (χ3n) is 5.97. The van der Waals surface area contributed by atoms with Crippen molar-refractivity contribution in [3.05, 3.63) is 91.0 Å². The van der Waals surface area contributed by atoms with Crippen molar-refractivity contribution in [3.8, 4) is 0 Å². The molecule has 8 heteroatoms. The average molecular weight is 560 g/mol. The molecule has 1 amide bonds. The monoisotopic (exact) mass is 559 g/mol. The summed E-state index contributed by atoms with van der Waals surface area (Å²) in [5.41, 5.74) is 0. The normalized spacial score (nSPS) is 16.9. The fourth-order valence-electron chi connectivity index (χ4n) is 4.20. The molecule has 0 bridgehead atoms. The van der Waals surface area contributed by atoms with Gasteiger partial charge >= 0.3 is 213 Å². The standard InChI is InChI=1S/C26H27BrNO4PS/c27-33(21-10-4-1-5-11-21,22-12-6-2-7-13-22,23-14-8-3-9-15-23)19-18-31-16-17-32-25(29)24-20-34-26(30)28-24/h1-15,24H,16-20H2,(H,28,30)/t24-/m0/s1. The van der Waals surface area contributed by atoms with Crippen molar-refractivity contribution >= 4 is 59.7 Å². The predicted molar refractivity (Wildman–Crippen MR) is 145 cm³/mol. The van der Waals surface area contributed by atoms with Gasteiger partial charge in [-0.15, -0.1) is 0 Å². The van der Waals surface area contributed by atoms with Crippen molar-refractivity contribution in [2.45, 2.75) is 6.04 Å². The maximum atomic E-state index is 12.1. The summed E-state index contributed by atoms with van der Waals surface area (Å²) in [7, 11) is 0. The summed E-state index contributed by atoms with van der Waals surface area (Å²) in [6.07, 6.45) is 0.743. The molecule has 1 atom stereocenters. The Labute approximate surface area is 212 Å². The third-order valence-corrected chi connectivity index (χ3v) is 16.7. The number of amides is 1. The number of ether oxygens (including phenoxy) is 2. The van der Waals surface area contributed by atoms with E-state index >= 15 is 0 Å². The molecule has 0 radical (unpaired) electrons. The molecule has 0 saturated carbocycles. The summed E-state index contributed by atoms with van der Waals surface area (Å²) >= 11 is 5.48. The first kappa shape index (κ1) is 24.9. The van der Waals surface area contributed by atoms with E-state index in [2.05, 4.69) is 93.6 Å². The van der Waals surface area contributed by atoms with E-state index in [4.69, 9.17) is 9.47 Å². The van der Waals surface area contributed by atoms with Crippen LogP contribution in [-0.2, 0) is 14.3 Å². The first-order valence-corrected chi connectivity index (χ1v) is 16.5. The number of carbonyl (C=O) groups is 2. The van der Waals surface area contributed by atoms with E-state index in [1.165, 1.54) is 15.9 Å². The van der Waals surface area contributed by atoms with Gasteiger partial charge in [0.25, 0.3) is 0 Å². The Morgan fingerprint density at radius 2 is 1.35 bits per heavy atom. The molecule has 1 heterocycles. The summed E-state index contributed by atoms with van der Waals surface area (Å²) in [4.78, 5) is 23.3. The summed E-state index contributed by atoms with van der Waals surface area (Å²) in [5.74, 6) is -0.0120. The van der Waals surface area contributed by atoms with Crippen LogP contribution in [0, 0.1) is 0 Å². The minimum atomic E-state index is -3.02. The average Bonchev–Trinajstić information content (AvgIpc) is 3.34. The Morgan fingerprint density at radius 3 is 1.79 bits per heavy atom. The molecule has 34 heavy (non-hydrogen) atoms. The van der Waals surface area contributed by atoms with Gasteiger partial charge in [-0.1, -0.05) is 0 Å². The number of halogens is 1. The van der Waals surface area contributed by atoms with Gasteiger partial charge < -0.3 is 0 Å². The van der Waals surface area contributed by atoms with Gasteiger partial charge in [-0.05, 0) is 0 Å². The van der Waals surface area contributed by atoms with Crippen molar-refractivity contribution in [1.82, 2.24) is 5.32 Å². The van der Waals surface area contributed by atoms with Crippen LogP contribution in [0.4, 0.5) is 4.79 Å². The Kier molecular flexibility index (Phi) is 8.10. The number of esters is 1. The molecule has 0 unspecified atom stereocenters.